The van der Waals surface area contributed by atoms with Gasteiger partial charge in [-0.15, -0.1) is 0 Å². The van der Waals surface area contributed by atoms with Gasteiger partial charge in [-0.3, -0.25) is 9.59 Å². The van der Waals surface area contributed by atoms with Crippen LogP contribution in [0, 0.1) is 0 Å². The Balaban J connectivity index is 2.07. The van der Waals surface area contributed by atoms with E-state index in [0.29, 0.717) is 5.75 Å². The van der Waals surface area contributed by atoms with E-state index in [1.807, 2.05) is 4.90 Å². The fraction of sp³-hybridized carbons (Fsp3) is 0.500. The van der Waals surface area contributed by atoms with Crippen molar-refractivity contribution in [1.82, 2.24) is 4.90 Å². The Kier molecular flexibility index (Phi) is 5.63. The van der Waals surface area contributed by atoms with E-state index >= 15 is 0 Å². The Morgan fingerprint density at radius 1 is 1.18 bits per heavy atom. The third kappa shape index (κ3) is 3.90. The second-order valence-electron chi connectivity index (χ2n) is 5.28. The van der Waals surface area contributed by atoms with E-state index in [2.05, 4.69) is 0 Å². The van der Waals surface area contributed by atoms with Crippen molar-refractivity contribution >= 4 is 11.8 Å². The molecule has 2 amide bonds. The van der Waals surface area contributed by atoms with Crippen LogP contribution in [0.1, 0.15) is 36.0 Å². The molecule has 0 aromatic heterocycles. The van der Waals surface area contributed by atoms with Crippen LogP contribution in [-0.2, 0) is 4.79 Å². The van der Waals surface area contributed by atoms with Crippen molar-refractivity contribution < 1.29 is 19.1 Å². The molecule has 2 N–H and O–H groups in total. The smallest absolute Gasteiger partial charge is 0.260 e. The number of nitrogens with two attached hydrogens (primary N) is 1. The minimum Gasteiger partial charge on any atom is -0.493 e. The van der Waals surface area contributed by atoms with Gasteiger partial charge in [0.2, 0.25) is 0 Å². The van der Waals surface area contributed by atoms with Gasteiger partial charge in [-0.05, 0) is 25.0 Å². The van der Waals surface area contributed by atoms with Crippen LogP contribution >= 0.6 is 0 Å². The highest BCUT2D eigenvalue weighted by Crippen LogP contribution is 2.30. The number of likely N-dealkylation sites (tertiary alicyclic amines) is 1. The zero-order chi connectivity index (χ0) is 15.9. The number of methoxy groups -OCH3 is 1. The normalized spacial score (nSPS) is 15.0. The maximum Gasteiger partial charge on any atom is 0.260 e. The quantitative estimate of drug-likeness (QED) is 0.895. The van der Waals surface area contributed by atoms with E-state index in [1.54, 1.807) is 18.2 Å². The minimum absolute atomic E-state index is 0.0803. The predicted molar refractivity (Wildman–Crippen MR) is 82.1 cm³/mol. The number of rotatable bonds is 5. The van der Waals surface area contributed by atoms with Crippen LogP contribution in [0.5, 0.6) is 11.5 Å². The Morgan fingerprint density at radius 3 is 2.45 bits per heavy atom. The number of nitrogens with zero attached hydrogens (tertiary/aromatic N) is 1. The summed E-state index contributed by atoms with van der Waals surface area (Å²) in [5.41, 5.74) is 5.55. The summed E-state index contributed by atoms with van der Waals surface area (Å²) in [7, 11) is 1.48. The third-order valence-corrected chi connectivity index (χ3v) is 3.76. The van der Waals surface area contributed by atoms with Crippen molar-refractivity contribution in [3.63, 3.8) is 0 Å². The number of benzene rings is 1. The maximum absolute atomic E-state index is 12.2. The molecule has 0 radical (unpaired) electrons. The van der Waals surface area contributed by atoms with E-state index in [1.165, 1.54) is 7.11 Å². The van der Waals surface area contributed by atoms with Gasteiger partial charge in [0.25, 0.3) is 11.8 Å². The van der Waals surface area contributed by atoms with E-state index in [0.717, 1.165) is 38.8 Å². The van der Waals surface area contributed by atoms with E-state index in [4.69, 9.17) is 15.2 Å². The van der Waals surface area contributed by atoms with Gasteiger partial charge >= 0.3 is 0 Å². The van der Waals surface area contributed by atoms with Gasteiger partial charge in [-0.25, -0.2) is 0 Å². The van der Waals surface area contributed by atoms with Crippen LogP contribution < -0.4 is 15.2 Å². The van der Waals surface area contributed by atoms with Gasteiger partial charge in [0.05, 0.1) is 12.7 Å². The molecule has 6 heteroatoms. The summed E-state index contributed by atoms with van der Waals surface area (Å²) in [5.74, 6) is -0.0833. The van der Waals surface area contributed by atoms with Crippen LogP contribution in [0.4, 0.5) is 0 Å². The largest absolute Gasteiger partial charge is 0.493 e. The Hall–Kier alpha value is -2.24. The number of primary amides is 1. The van der Waals surface area contributed by atoms with Crippen molar-refractivity contribution in [2.45, 2.75) is 25.7 Å². The van der Waals surface area contributed by atoms with Gasteiger partial charge in [-0.1, -0.05) is 18.9 Å². The monoisotopic (exact) mass is 306 g/mol. The number of carbonyl (C=O) groups excluding carboxylic acids is 2. The summed E-state index contributed by atoms with van der Waals surface area (Å²) in [4.78, 5) is 25.5. The summed E-state index contributed by atoms with van der Waals surface area (Å²) >= 11 is 0. The summed E-state index contributed by atoms with van der Waals surface area (Å²) in [5, 5.41) is 0. The molecule has 1 saturated heterocycles. The molecule has 0 aliphatic carbocycles. The molecule has 1 aromatic rings. The standard InChI is InChI=1S/C16H22N2O4/c1-21-13-8-6-7-12(16(17)20)15(13)22-11-14(19)18-9-4-2-3-5-10-18/h6-8H,2-5,9-11H2,1H3,(H2,17,20). The van der Waals surface area contributed by atoms with E-state index < -0.39 is 5.91 Å². The van der Waals surface area contributed by atoms with E-state index in [9.17, 15) is 9.59 Å². The summed E-state index contributed by atoms with van der Waals surface area (Å²) in [6.07, 6.45) is 4.35. The van der Waals surface area contributed by atoms with Crippen molar-refractivity contribution in [2.75, 3.05) is 26.8 Å². The lowest BCUT2D eigenvalue weighted by Gasteiger charge is -2.21. The predicted octanol–water partition coefficient (Wildman–Crippen LogP) is 1.58. The van der Waals surface area contributed by atoms with Gasteiger partial charge in [0, 0.05) is 13.1 Å². The van der Waals surface area contributed by atoms with Crippen molar-refractivity contribution in [3.05, 3.63) is 23.8 Å². The molecule has 0 bridgehead atoms. The molecule has 6 nitrogen and oxygen atoms in total. The van der Waals surface area contributed by atoms with Crippen LogP contribution in [0.25, 0.3) is 0 Å². The highest BCUT2D eigenvalue weighted by molar-refractivity contribution is 5.96. The number of hydrogen-bond acceptors (Lipinski definition) is 4. The molecule has 1 aliphatic heterocycles. The zero-order valence-corrected chi connectivity index (χ0v) is 12.8. The SMILES string of the molecule is COc1cccc(C(N)=O)c1OCC(=O)N1CCCCCC1. The molecular weight excluding hydrogens is 284 g/mol. The first kappa shape index (κ1) is 16.1. The first-order valence-corrected chi connectivity index (χ1v) is 7.51. The molecule has 120 valence electrons. The number of carbonyl (C=O) groups is 2. The van der Waals surface area contributed by atoms with Crippen LogP contribution in [0.2, 0.25) is 0 Å². The lowest BCUT2D eigenvalue weighted by molar-refractivity contribution is -0.133. The molecule has 1 aromatic carbocycles. The average Bonchev–Trinajstić information content (AvgIpc) is 2.81. The molecule has 1 aliphatic rings. The number of para-hydroxylation sites is 1. The lowest BCUT2D eigenvalue weighted by Crippen LogP contribution is -2.35. The van der Waals surface area contributed by atoms with Gasteiger partial charge in [-0.2, -0.15) is 0 Å². The molecule has 22 heavy (non-hydrogen) atoms. The molecule has 2 rings (SSSR count). The summed E-state index contributed by atoms with van der Waals surface area (Å²) in [6.45, 7) is 1.40. The first-order valence-electron chi connectivity index (χ1n) is 7.51. The molecule has 0 atom stereocenters. The summed E-state index contributed by atoms with van der Waals surface area (Å²) < 4.78 is 10.7. The van der Waals surface area contributed by atoms with Gasteiger partial charge in [0.15, 0.2) is 18.1 Å². The Bertz CT molecular complexity index is 537. The first-order chi connectivity index (χ1) is 10.6. The van der Waals surface area contributed by atoms with Crippen molar-refractivity contribution in [2.24, 2.45) is 5.73 Å². The zero-order valence-electron chi connectivity index (χ0n) is 12.8. The van der Waals surface area contributed by atoms with Crippen molar-refractivity contribution in [3.8, 4) is 11.5 Å². The fourth-order valence-corrected chi connectivity index (χ4v) is 2.56. The van der Waals surface area contributed by atoms with Crippen LogP contribution in [0.15, 0.2) is 18.2 Å². The third-order valence-electron chi connectivity index (χ3n) is 3.76. The van der Waals surface area contributed by atoms with Gasteiger partial charge < -0.3 is 20.1 Å². The molecule has 1 heterocycles. The second kappa shape index (κ2) is 7.68. The topological polar surface area (TPSA) is 81.9 Å². The number of hydrogen-bond donors (Lipinski definition) is 1. The lowest BCUT2D eigenvalue weighted by atomic mass is 10.2. The van der Waals surface area contributed by atoms with Crippen LogP contribution in [0.3, 0.4) is 0 Å². The minimum atomic E-state index is -0.615. The Labute approximate surface area is 130 Å². The number of amides is 2. The van der Waals surface area contributed by atoms with Gasteiger partial charge in [0.1, 0.15) is 0 Å². The molecule has 0 saturated carbocycles. The highest BCUT2D eigenvalue weighted by atomic mass is 16.5. The summed E-state index contributed by atoms with van der Waals surface area (Å²) in [6, 6.07) is 4.87. The molecule has 1 fully saturated rings. The maximum atomic E-state index is 12.2. The molecule has 0 spiro atoms. The van der Waals surface area contributed by atoms with E-state index in [-0.39, 0.29) is 23.8 Å². The molecular formula is C16H22N2O4. The fourth-order valence-electron chi connectivity index (χ4n) is 2.56. The number of ether oxygens (including phenoxy) is 2. The van der Waals surface area contributed by atoms with Crippen LogP contribution in [-0.4, -0.2) is 43.5 Å². The highest BCUT2D eigenvalue weighted by Gasteiger charge is 2.19. The second-order valence-corrected chi connectivity index (χ2v) is 5.28. The Morgan fingerprint density at radius 2 is 1.86 bits per heavy atom. The molecule has 0 unspecified atom stereocenters. The average molecular weight is 306 g/mol. The van der Waals surface area contributed by atoms with Crippen molar-refractivity contribution in [1.29, 1.82) is 0 Å².